The van der Waals surface area contributed by atoms with E-state index in [0.717, 1.165) is 11.3 Å². The average molecular weight is 321 g/mol. The normalized spacial score (nSPS) is 10.7. The van der Waals surface area contributed by atoms with Crippen LogP contribution in [0.25, 0.3) is 17.5 Å². The fourth-order valence-corrected chi connectivity index (χ4v) is 2.05. The lowest BCUT2D eigenvalue weighted by Gasteiger charge is -2.00. The maximum atomic E-state index is 12.0. The molecule has 1 N–H and O–H groups in total. The number of rotatable bonds is 5. The maximum absolute atomic E-state index is 12.0. The summed E-state index contributed by atoms with van der Waals surface area (Å²) in [6.07, 6.45) is 4.77. The van der Waals surface area contributed by atoms with Crippen molar-refractivity contribution in [3.63, 3.8) is 0 Å². The largest absolute Gasteiger partial charge is 0.497 e. The van der Waals surface area contributed by atoms with Crippen LogP contribution in [-0.2, 0) is 4.79 Å². The van der Waals surface area contributed by atoms with Crippen LogP contribution in [0.15, 0.2) is 65.3 Å². The molecular formula is C18H15N3O3. The van der Waals surface area contributed by atoms with E-state index in [-0.39, 0.29) is 11.8 Å². The second-order valence-corrected chi connectivity index (χ2v) is 4.89. The molecule has 0 radical (unpaired) electrons. The van der Waals surface area contributed by atoms with Crippen LogP contribution in [0.1, 0.15) is 5.56 Å². The number of hydrogen-bond donors (Lipinski definition) is 1. The first-order valence-corrected chi connectivity index (χ1v) is 7.26. The SMILES string of the molecule is COc1cccc(/C=C/C(=O)Nc2cc(-c3ccccn3)no2)c1. The van der Waals surface area contributed by atoms with Crippen molar-refractivity contribution in [1.29, 1.82) is 0 Å². The minimum atomic E-state index is -0.318. The summed E-state index contributed by atoms with van der Waals surface area (Å²) in [5, 5.41) is 6.50. The number of benzene rings is 1. The molecule has 0 fully saturated rings. The molecule has 1 amide bonds. The molecule has 0 bridgehead atoms. The summed E-state index contributed by atoms with van der Waals surface area (Å²) in [5.74, 6) is 0.672. The molecule has 6 nitrogen and oxygen atoms in total. The summed E-state index contributed by atoms with van der Waals surface area (Å²) in [6, 6.07) is 14.5. The average Bonchev–Trinajstić information content (AvgIpc) is 3.09. The Balaban J connectivity index is 1.65. The molecule has 0 aliphatic heterocycles. The molecule has 24 heavy (non-hydrogen) atoms. The van der Waals surface area contributed by atoms with Crippen molar-refractivity contribution >= 4 is 17.9 Å². The van der Waals surface area contributed by atoms with Crippen LogP contribution in [0.5, 0.6) is 5.75 Å². The third-order valence-corrected chi connectivity index (χ3v) is 3.20. The van der Waals surface area contributed by atoms with Gasteiger partial charge in [-0.15, -0.1) is 0 Å². The highest BCUT2D eigenvalue weighted by atomic mass is 16.5. The van der Waals surface area contributed by atoms with Gasteiger partial charge in [0, 0.05) is 18.3 Å². The van der Waals surface area contributed by atoms with Gasteiger partial charge in [-0.1, -0.05) is 23.4 Å². The number of amides is 1. The third kappa shape index (κ3) is 3.86. The van der Waals surface area contributed by atoms with Crippen molar-refractivity contribution in [2.75, 3.05) is 12.4 Å². The molecule has 0 atom stereocenters. The zero-order valence-corrected chi connectivity index (χ0v) is 13.0. The molecule has 0 aliphatic rings. The summed E-state index contributed by atoms with van der Waals surface area (Å²) in [5.41, 5.74) is 2.09. The van der Waals surface area contributed by atoms with E-state index in [1.54, 1.807) is 25.4 Å². The van der Waals surface area contributed by atoms with Gasteiger partial charge in [-0.05, 0) is 35.9 Å². The quantitative estimate of drug-likeness (QED) is 0.729. The fourth-order valence-electron chi connectivity index (χ4n) is 2.05. The van der Waals surface area contributed by atoms with E-state index < -0.39 is 0 Å². The molecule has 2 heterocycles. The maximum Gasteiger partial charge on any atom is 0.250 e. The summed E-state index contributed by atoms with van der Waals surface area (Å²) < 4.78 is 10.2. The number of aromatic nitrogens is 2. The first kappa shape index (κ1) is 15.5. The number of pyridine rings is 1. The van der Waals surface area contributed by atoms with Crippen molar-refractivity contribution in [1.82, 2.24) is 10.1 Å². The lowest BCUT2D eigenvalue weighted by molar-refractivity contribution is -0.112. The van der Waals surface area contributed by atoms with E-state index in [1.165, 1.54) is 6.08 Å². The highest BCUT2D eigenvalue weighted by Gasteiger charge is 2.08. The summed E-state index contributed by atoms with van der Waals surface area (Å²) in [6.45, 7) is 0. The fraction of sp³-hybridized carbons (Fsp3) is 0.0556. The van der Waals surface area contributed by atoms with E-state index in [4.69, 9.17) is 9.26 Å². The van der Waals surface area contributed by atoms with E-state index in [0.29, 0.717) is 11.4 Å². The van der Waals surface area contributed by atoms with Crippen molar-refractivity contribution < 1.29 is 14.1 Å². The van der Waals surface area contributed by atoms with Gasteiger partial charge < -0.3 is 9.26 Å². The number of carbonyl (C=O) groups excluding carboxylic acids is 1. The first-order chi connectivity index (χ1) is 11.7. The number of carbonyl (C=O) groups is 1. The molecule has 0 unspecified atom stereocenters. The third-order valence-electron chi connectivity index (χ3n) is 3.20. The predicted molar refractivity (Wildman–Crippen MR) is 90.4 cm³/mol. The molecular weight excluding hydrogens is 306 g/mol. The standard InChI is InChI=1S/C18H15N3O3/c1-23-14-6-4-5-13(11-14)8-9-17(22)20-18-12-16(21-24-18)15-7-2-3-10-19-15/h2-12H,1H3,(H,20,22)/b9-8+. The van der Waals surface area contributed by atoms with E-state index in [1.807, 2.05) is 42.5 Å². The minimum absolute atomic E-state index is 0.260. The highest BCUT2D eigenvalue weighted by molar-refractivity contribution is 6.01. The van der Waals surface area contributed by atoms with E-state index in [9.17, 15) is 4.79 Å². The first-order valence-electron chi connectivity index (χ1n) is 7.26. The molecule has 0 saturated carbocycles. The minimum Gasteiger partial charge on any atom is -0.497 e. The van der Waals surface area contributed by atoms with Crippen molar-refractivity contribution in [2.24, 2.45) is 0 Å². The Bertz CT molecular complexity index is 857. The molecule has 6 heteroatoms. The zero-order valence-electron chi connectivity index (χ0n) is 13.0. The van der Waals surface area contributed by atoms with Gasteiger partial charge in [-0.2, -0.15) is 0 Å². The van der Waals surface area contributed by atoms with Gasteiger partial charge in [0.15, 0.2) is 0 Å². The Labute approximate surface area is 138 Å². The monoisotopic (exact) mass is 321 g/mol. The zero-order chi connectivity index (χ0) is 16.8. The Morgan fingerprint density at radius 3 is 2.88 bits per heavy atom. The molecule has 2 aromatic heterocycles. The van der Waals surface area contributed by atoms with Gasteiger partial charge in [0.05, 0.1) is 12.8 Å². The predicted octanol–water partition coefficient (Wildman–Crippen LogP) is 3.40. The summed E-state index contributed by atoms with van der Waals surface area (Å²) >= 11 is 0. The number of ether oxygens (including phenoxy) is 1. The number of nitrogens with one attached hydrogen (secondary N) is 1. The van der Waals surface area contributed by atoms with Crippen LogP contribution in [0.3, 0.4) is 0 Å². The van der Waals surface area contributed by atoms with Gasteiger partial charge in [-0.25, -0.2) is 0 Å². The molecule has 120 valence electrons. The van der Waals surface area contributed by atoms with Crippen molar-refractivity contribution in [2.45, 2.75) is 0 Å². The van der Waals surface area contributed by atoms with Crippen molar-refractivity contribution in [3.8, 4) is 17.1 Å². The van der Waals surface area contributed by atoms with Crippen LogP contribution in [0.2, 0.25) is 0 Å². The topological polar surface area (TPSA) is 77.2 Å². The van der Waals surface area contributed by atoms with Gasteiger partial charge in [0.25, 0.3) is 5.91 Å². The Morgan fingerprint density at radius 1 is 1.17 bits per heavy atom. The smallest absolute Gasteiger partial charge is 0.250 e. The van der Waals surface area contributed by atoms with E-state index >= 15 is 0 Å². The molecule has 0 aliphatic carbocycles. The second-order valence-electron chi connectivity index (χ2n) is 4.89. The van der Waals surface area contributed by atoms with Crippen molar-refractivity contribution in [3.05, 3.63) is 66.4 Å². The molecule has 3 rings (SSSR count). The van der Waals surface area contributed by atoms with Crippen LogP contribution >= 0.6 is 0 Å². The molecule has 0 saturated heterocycles. The number of nitrogens with zero attached hydrogens (tertiary/aromatic N) is 2. The summed E-state index contributed by atoms with van der Waals surface area (Å²) in [7, 11) is 1.60. The molecule has 0 spiro atoms. The number of anilines is 1. The van der Waals surface area contributed by atoms with E-state index in [2.05, 4.69) is 15.5 Å². The molecule has 1 aromatic carbocycles. The van der Waals surface area contributed by atoms with Gasteiger partial charge in [0.1, 0.15) is 11.4 Å². The van der Waals surface area contributed by atoms with Crippen LogP contribution in [0.4, 0.5) is 5.88 Å². The number of methoxy groups -OCH3 is 1. The lowest BCUT2D eigenvalue weighted by atomic mass is 10.2. The Morgan fingerprint density at radius 2 is 2.08 bits per heavy atom. The Hall–Kier alpha value is -3.41. The number of hydrogen-bond acceptors (Lipinski definition) is 5. The second kappa shape index (κ2) is 7.23. The van der Waals surface area contributed by atoms with Crippen LogP contribution < -0.4 is 10.1 Å². The molecule has 3 aromatic rings. The van der Waals surface area contributed by atoms with Gasteiger partial charge >= 0.3 is 0 Å². The lowest BCUT2D eigenvalue weighted by Crippen LogP contribution is -2.06. The van der Waals surface area contributed by atoms with Crippen LogP contribution in [0, 0.1) is 0 Å². The van der Waals surface area contributed by atoms with Gasteiger partial charge in [0.2, 0.25) is 5.88 Å². The van der Waals surface area contributed by atoms with Gasteiger partial charge in [-0.3, -0.25) is 15.1 Å². The highest BCUT2D eigenvalue weighted by Crippen LogP contribution is 2.19. The Kier molecular flexibility index (Phi) is 4.67. The van der Waals surface area contributed by atoms with Crippen LogP contribution in [-0.4, -0.2) is 23.2 Å². The summed E-state index contributed by atoms with van der Waals surface area (Å²) in [4.78, 5) is 16.1.